The third-order valence-electron chi connectivity index (χ3n) is 4.32. The molecular weight excluding hydrogens is 468 g/mol. The molecule has 0 fully saturated rings. The molecule has 11 nitrogen and oxygen atoms in total. The quantitative estimate of drug-likeness (QED) is 0.180. The standard InChI is InChI=1S/C19H22F4N6O5/c1-5-29(9-31)14(7-30)26-28(4)16-13(20)6-12(18(25-16)33-8-19(21,22)23)17(32)24-15-10(2)27-34-11(15)3/h6,9,30H,5,7-8H2,1-4H3,(H,24,32)/b26-14-. The molecule has 0 saturated heterocycles. The number of carbonyl (C=O) groups is 2. The van der Waals surface area contributed by atoms with Crippen LogP contribution in [0.5, 0.6) is 5.88 Å². The number of aryl methyl sites for hydroxylation is 2. The second-order valence-electron chi connectivity index (χ2n) is 6.79. The van der Waals surface area contributed by atoms with Crippen LogP contribution in [0.1, 0.15) is 28.7 Å². The average molecular weight is 490 g/mol. The minimum atomic E-state index is -4.77. The van der Waals surface area contributed by atoms with Gasteiger partial charge in [-0.2, -0.15) is 23.3 Å². The van der Waals surface area contributed by atoms with Crippen LogP contribution in [0, 0.1) is 19.7 Å². The Labute approximate surface area is 191 Å². The first-order valence-corrected chi connectivity index (χ1v) is 9.70. The van der Waals surface area contributed by atoms with E-state index in [-0.39, 0.29) is 29.5 Å². The summed E-state index contributed by atoms with van der Waals surface area (Å²) >= 11 is 0. The van der Waals surface area contributed by atoms with Gasteiger partial charge in [-0.25, -0.2) is 9.40 Å². The van der Waals surface area contributed by atoms with Gasteiger partial charge in [0.2, 0.25) is 12.3 Å². The summed E-state index contributed by atoms with van der Waals surface area (Å²) < 4.78 is 62.7. The second kappa shape index (κ2) is 10.9. The largest absolute Gasteiger partial charge is 0.467 e. The summed E-state index contributed by atoms with van der Waals surface area (Å²) in [6.45, 7) is 2.22. The van der Waals surface area contributed by atoms with Crippen molar-refractivity contribution in [2.24, 2.45) is 5.10 Å². The summed E-state index contributed by atoms with van der Waals surface area (Å²) in [5.74, 6) is -3.58. The molecule has 186 valence electrons. The number of aliphatic hydroxyl groups is 1. The molecule has 2 aromatic rings. The molecule has 2 aromatic heterocycles. The van der Waals surface area contributed by atoms with E-state index in [4.69, 9.17) is 4.52 Å². The normalized spacial score (nSPS) is 11.9. The Morgan fingerprint density at radius 1 is 1.38 bits per heavy atom. The van der Waals surface area contributed by atoms with E-state index in [1.807, 2.05) is 0 Å². The van der Waals surface area contributed by atoms with E-state index in [0.717, 1.165) is 9.91 Å². The minimum absolute atomic E-state index is 0.132. The summed E-state index contributed by atoms with van der Waals surface area (Å²) in [4.78, 5) is 28.5. The van der Waals surface area contributed by atoms with Crippen molar-refractivity contribution in [1.82, 2.24) is 15.0 Å². The lowest BCUT2D eigenvalue weighted by atomic mass is 10.2. The Morgan fingerprint density at radius 3 is 2.56 bits per heavy atom. The highest BCUT2D eigenvalue weighted by molar-refractivity contribution is 6.06. The molecule has 2 heterocycles. The molecule has 0 bridgehead atoms. The molecule has 0 radical (unpaired) electrons. The molecule has 34 heavy (non-hydrogen) atoms. The van der Waals surface area contributed by atoms with Gasteiger partial charge in [0.05, 0.1) is 0 Å². The molecule has 0 spiro atoms. The summed E-state index contributed by atoms with van der Waals surface area (Å²) in [5, 5.41) is 20.1. The van der Waals surface area contributed by atoms with E-state index < -0.39 is 48.4 Å². The Bertz CT molecular complexity index is 1050. The number of aromatic nitrogens is 2. The van der Waals surface area contributed by atoms with Crippen LogP contribution >= 0.6 is 0 Å². The van der Waals surface area contributed by atoms with Crippen molar-refractivity contribution in [3.05, 3.63) is 28.9 Å². The number of pyridine rings is 1. The monoisotopic (exact) mass is 490 g/mol. The third kappa shape index (κ3) is 6.40. The van der Waals surface area contributed by atoms with Gasteiger partial charge in [-0.1, -0.05) is 5.16 Å². The number of anilines is 2. The number of ether oxygens (including phenoxy) is 1. The number of amidine groups is 1. The number of aliphatic hydroxyl groups excluding tert-OH is 1. The molecule has 2 N–H and O–H groups in total. The van der Waals surface area contributed by atoms with E-state index in [1.165, 1.54) is 20.9 Å². The number of halogens is 4. The topological polar surface area (TPSA) is 133 Å². The van der Waals surface area contributed by atoms with Crippen molar-refractivity contribution in [2.45, 2.75) is 26.9 Å². The smallest absolute Gasteiger partial charge is 0.422 e. The summed E-state index contributed by atoms with van der Waals surface area (Å²) in [7, 11) is 1.18. The summed E-state index contributed by atoms with van der Waals surface area (Å²) in [5.41, 5.74) is -0.192. The molecule has 2 rings (SSSR count). The van der Waals surface area contributed by atoms with E-state index in [0.29, 0.717) is 12.5 Å². The van der Waals surface area contributed by atoms with Crippen molar-refractivity contribution in [1.29, 1.82) is 0 Å². The lowest BCUT2D eigenvalue weighted by Crippen LogP contribution is -2.34. The number of hydrogen-bond donors (Lipinski definition) is 2. The number of rotatable bonds is 9. The average Bonchev–Trinajstić information content (AvgIpc) is 3.09. The molecule has 0 saturated carbocycles. The maximum atomic E-state index is 14.9. The lowest BCUT2D eigenvalue weighted by molar-refractivity contribution is -0.154. The van der Waals surface area contributed by atoms with Gasteiger partial charge in [0.25, 0.3) is 5.91 Å². The van der Waals surface area contributed by atoms with Crippen molar-refractivity contribution >= 4 is 29.7 Å². The van der Waals surface area contributed by atoms with Gasteiger partial charge >= 0.3 is 6.18 Å². The second-order valence-corrected chi connectivity index (χ2v) is 6.79. The number of alkyl halides is 3. The maximum absolute atomic E-state index is 14.9. The minimum Gasteiger partial charge on any atom is -0.467 e. The van der Waals surface area contributed by atoms with Gasteiger partial charge in [0.15, 0.2) is 29.8 Å². The van der Waals surface area contributed by atoms with Gasteiger partial charge in [-0.05, 0) is 26.8 Å². The zero-order valence-electron chi connectivity index (χ0n) is 18.6. The maximum Gasteiger partial charge on any atom is 0.422 e. The van der Waals surface area contributed by atoms with Crippen molar-refractivity contribution in [3.8, 4) is 5.88 Å². The van der Waals surface area contributed by atoms with Crippen LogP contribution in [0.25, 0.3) is 0 Å². The Morgan fingerprint density at radius 2 is 2.06 bits per heavy atom. The van der Waals surface area contributed by atoms with Crippen LogP contribution in [0.15, 0.2) is 15.7 Å². The zero-order chi connectivity index (χ0) is 25.6. The first-order valence-electron chi connectivity index (χ1n) is 9.70. The summed E-state index contributed by atoms with van der Waals surface area (Å²) in [6, 6.07) is 0.628. The fourth-order valence-corrected chi connectivity index (χ4v) is 2.67. The molecule has 0 atom stereocenters. The SMILES string of the molecule is CCN(C=O)/C(CO)=N\N(C)c1nc(OCC(F)(F)F)c(C(=O)Nc2c(C)noc2C)cc1F. The number of hydrazone groups is 1. The number of amides is 2. The summed E-state index contributed by atoms with van der Waals surface area (Å²) in [6.07, 6.45) is -4.39. The lowest BCUT2D eigenvalue weighted by Gasteiger charge is -2.21. The van der Waals surface area contributed by atoms with Crippen molar-refractivity contribution in [2.75, 3.05) is 37.1 Å². The fourth-order valence-electron chi connectivity index (χ4n) is 2.67. The Kier molecular flexibility index (Phi) is 8.51. The molecule has 0 aliphatic rings. The molecule has 0 aliphatic carbocycles. The number of carbonyl (C=O) groups excluding carboxylic acids is 2. The Hall–Kier alpha value is -3.75. The molecule has 0 aromatic carbocycles. The molecule has 2 amide bonds. The predicted molar refractivity (Wildman–Crippen MR) is 111 cm³/mol. The van der Waals surface area contributed by atoms with E-state index in [2.05, 4.69) is 25.3 Å². The third-order valence-corrected chi connectivity index (χ3v) is 4.32. The van der Waals surface area contributed by atoms with Crippen LogP contribution in [0.3, 0.4) is 0 Å². The van der Waals surface area contributed by atoms with Gasteiger partial charge < -0.3 is 19.7 Å². The van der Waals surface area contributed by atoms with Crippen molar-refractivity contribution < 1.29 is 41.5 Å². The fraction of sp³-hybridized carbons (Fsp3) is 0.421. The highest BCUT2D eigenvalue weighted by Gasteiger charge is 2.31. The van der Waals surface area contributed by atoms with Crippen molar-refractivity contribution in [3.63, 3.8) is 0 Å². The zero-order valence-corrected chi connectivity index (χ0v) is 18.6. The number of nitrogens with one attached hydrogen (secondary N) is 1. The predicted octanol–water partition coefficient (Wildman–Crippen LogP) is 2.24. The number of hydrogen-bond acceptors (Lipinski definition) is 9. The first kappa shape index (κ1) is 26.5. The van der Waals surface area contributed by atoms with Crippen LogP contribution < -0.4 is 15.1 Å². The molecule has 15 heteroatoms. The van der Waals surface area contributed by atoms with Crippen LogP contribution in [0.4, 0.5) is 29.1 Å². The van der Waals surface area contributed by atoms with Gasteiger partial charge in [0.1, 0.15) is 23.6 Å². The number of nitrogens with zero attached hydrogens (tertiary/aromatic N) is 5. The Balaban J connectivity index is 2.50. The highest BCUT2D eigenvalue weighted by Crippen LogP contribution is 2.28. The molecule has 0 aliphatic heterocycles. The molecule has 0 unspecified atom stereocenters. The van der Waals surface area contributed by atoms with Crippen LogP contribution in [0.2, 0.25) is 0 Å². The van der Waals surface area contributed by atoms with E-state index >= 15 is 0 Å². The van der Waals surface area contributed by atoms with Gasteiger partial charge in [-0.3, -0.25) is 14.5 Å². The highest BCUT2D eigenvalue weighted by atomic mass is 19.4. The first-order chi connectivity index (χ1) is 15.9. The van der Waals surface area contributed by atoms with Gasteiger partial charge in [0, 0.05) is 13.6 Å². The molecular formula is C19H22F4N6O5. The van der Waals surface area contributed by atoms with Crippen LogP contribution in [-0.4, -0.2) is 71.3 Å². The van der Waals surface area contributed by atoms with Crippen LogP contribution in [-0.2, 0) is 4.79 Å². The van der Waals surface area contributed by atoms with E-state index in [1.54, 1.807) is 6.92 Å². The number of likely N-dealkylation sites (N-methyl/N-ethyl adjacent to an activating group) is 1. The van der Waals surface area contributed by atoms with Gasteiger partial charge in [-0.15, -0.1) is 0 Å². The van der Waals surface area contributed by atoms with E-state index in [9.17, 15) is 32.3 Å².